The van der Waals surface area contributed by atoms with Crippen LogP contribution in [0.25, 0.3) is 0 Å². The Morgan fingerprint density at radius 3 is 2.71 bits per heavy atom. The Balaban J connectivity index is 2.15. The molecule has 21 heavy (non-hydrogen) atoms. The van der Waals surface area contributed by atoms with Crippen LogP contribution in [0.15, 0.2) is 35.4 Å². The maximum absolute atomic E-state index is 12.2. The van der Waals surface area contributed by atoms with Crippen LogP contribution in [-0.4, -0.2) is 23.3 Å². The maximum Gasteiger partial charge on any atom is 0.246 e. The molecule has 0 amide bonds. The highest BCUT2D eigenvalue weighted by Gasteiger charge is 2.20. The fourth-order valence-electron chi connectivity index (χ4n) is 1.88. The van der Waals surface area contributed by atoms with Crippen LogP contribution in [0.5, 0.6) is 0 Å². The van der Waals surface area contributed by atoms with Gasteiger partial charge in [-0.05, 0) is 18.1 Å². The second kappa shape index (κ2) is 6.25. The van der Waals surface area contributed by atoms with Crippen molar-refractivity contribution in [3.63, 3.8) is 0 Å². The summed E-state index contributed by atoms with van der Waals surface area (Å²) in [5.41, 5.74) is 7.12. The minimum absolute atomic E-state index is 0.0199. The van der Waals surface area contributed by atoms with Crippen LogP contribution in [0.1, 0.15) is 18.1 Å². The van der Waals surface area contributed by atoms with Crippen LogP contribution >= 0.6 is 0 Å². The van der Waals surface area contributed by atoms with E-state index in [0.29, 0.717) is 6.54 Å². The van der Waals surface area contributed by atoms with Crippen molar-refractivity contribution in [1.29, 1.82) is 0 Å². The van der Waals surface area contributed by atoms with Crippen LogP contribution in [0.2, 0.25) is 0 Å². The summed E-state index contributed by atoms with van der Waals surface area (Å²) in [7, 11) is -3.72. The third-order valence-corrected chi connectivity index (χ3v) is 4.43. The molecule has 0 saturated heterocycles. The molecule has 1 aromatic carbocycles. The molecule has 1 heterocycles. The molecule has 0 atom stereocenters. The first-order chi connectivity index (χ1) is 9.96. The number of aryl methyl sites for hydroxylation is 1. The molecule has 114 valence electrons. The summed E-state index contributed by atoms with van der Waals surface area (Å²) in [5, 5.41) is 13.0. The molecule has 8 heteroatoms. The molecular weight excluding hydrogens is 292 g/mol. The molecule has 0 aliphatic carbocycles. The average Bonchev–Trinajstić information content (AvgIpc) is 2.87. The molecule has 0 bridgehead atoms. The predicted octanol–water partition coefficient (Wildman–Crippen LogP) is 0.456. The number of nitrogens with one attached hydrogen (secondary N) is 1. The van der Waals surface area contributed by atoms with Crippen molar-refractivity contribution < 1.29 is 13.5 Å². The zero-order valence-electron chi connectivity index (χ0n) is 11.7. The quantitative estimate of drug-likeness (QED) is 0.718. The van der Waals surface area contributed by atoms with Crippen molar-refractivity contribution >= 4 is 15.8 Å². The molecular formula is C13H18N4O3S. The molecule has 0 fully saturated rings. The highest BCUT2D eigenvalue weighted by Crippen LogP contribution is 2.16. The molecule has 0 radical (unpaired) electrons. The maximum atomic E-state index is 12.2. The van der Waals surface area contributed by atoms with E-state index in [2.05, 4.69) is 9.82 Å². The number of aliphatic hydroxyl groups is 1. The van der Waals surface area contributed by atoms with Gasteiger partial charge in [-0.15, -0.1) is 0 Å². The van der Waals surface area contributed by atoms with E-state index in [1.54, 1.807) is 24.3 Å². The highest BCUT2D eigenvalue weighted by atomic mass is 32.2. The zero-order valence-corrected chi connectivity index (χ0v) is 12.5. The van der Waals surface area contributed by atoms with Gasteiger partial charge in [-0.2, -0.15) is 5.10 Å². The van der Waals surface area contributed by atoms with E-state index in [-0.39, 0.29) is 23.9 Å². The number of nitrogen functional groups attached to an aromatic ring is 1. The van der Waals surface area contributed by atoms with Crippen LogP contribution in [0.4, 0.5) is 5.82 Å². The molecule has 1 aromatic heterocycles. The van der Waals surface area contributed by atoms with E-state index in [9.17, 15) is 8.42 Å². The van der Waals surface area contributed by atoms with Crippen LogP contribution in [-0.2, 0) is 29.7 Å². The topological polar surface area (TPSA) is 110 Å². The SMILES string of the molecule is CCn1cc(S(=O)(=O)NCc2cccc(CO)c2)c(N)n1. The Labute approximate surface area is 123 Å². The Hall–Kier alpha value is -1.90. The van der Waals surface area contributed by atoms with Crippen LogP contribution in [0, 0.1) is 0 Å². The molecule has 4 N–H and O–H groups in total. The monoisotopic (exact) mass is 310 g/mol. The Kier molecular flexibility index (Phi) is 4.61. The molecule has 0 unspecified atom stereocenters. The van der Waals surface area contributed by atoms with Gasteiger partial charge in [-0.1, -0.05) is 24.3 Å². The average molecular weight is 310 g/mol. The van der Waals surface area contributed by atoms with Crippen molar-refractivity contribution in [2.45, 2.75) is 31.5 Å². The van der Waals surface area contributed by atoms with Gasteiger partial charge in [0, 0.05) is 19.3 Å². The first-order valence-corrected chi connectivity index (χ1v) is 7.96. The van der Waals surface area contributed by atoms with Crippen molar-refractivity contribution in [2.24, 2.45) is 0 Å². The summed E-state index contributed by atoms with van der Waals surface area (Å²) in [6.45, 7) is 2.42. The smallest absolute Gasteiger partial charge is 0.246 e. The summed E-state index contributed by atoms with van der Waals surface area (Å²) in [5.74, 6) is -0.0199. The lowest BCUT2D eigenvalue weighted by Crippen LogP contribution is -2.23. The summed E-state index contributed by atoms with van der Waals surface area (Å²) >= 11 is 0. The minimum Gasteiger partial charge on any atom is -0.392 e. The van der Waals surface area contributed by atoms with Gasteiger partial charge >= 0.3 is 0 Å². The standard InChI is InChI=1S/C13H18N4O3S/c1-2-17-8-12(13(14)16-17)21(19,20)15-7-10-4-3-5-11(6-10)9-18/h3-6,8,15,18H,2,7,9H2,1H3,(H2,14,16). The molecule has 0 aliphatic rings. The van der Waals surface area contributed by atoms with Crippen molar-refractivity contribution in [2.75, 3.05) is 5.73 Å². The number of aromatic nitrogens is 2. The number of nitrogens with zero attached hydrogens (tertiary/aromatic N) is 2. The number of aliphatic hydroxyl groups excluding tert-OH is 1. The second-order valence-corrected chi connectivity index (χ2v) is 6.27. The predicted molar refractivity (Wildman–Crippen MR) is 78.7 cm³/mol. The largest absolute Gasteiger partial charge is 0.392 e. The first kappa shape index (κ1) is 15.5. The van der Waals surface area contributed by atoms with Gasteiger partial charge in [0.15, 0.2) is 5.82 Å². The fourth-order valence-corrected chi connectivity index (χ4v) is 2.97. The van der Waals surface area contributed by atoms with E-state index in [4.69, 9.17) is 10.8 Å². The van der Waals surface area contributed by atoms with E-state index in [1.807, 2.05) is 6.92 Å². The fraction of sp³-hybridized carbons (Fsp3) is 0.308. The van der Waals surface area contributed by atoms with Crippen molar-refractivity contribution in [1.82, 2.24) is 14.5 Å². The summed E-state index contributed by atoms with van der Waals surface area (Å²) in [6.07, 6.45) is 1.40. The molecule has 7 nitrogen and oxygen atoms in total. The molecule has 0 aliphatic heterocycles. The number of hydrogen-bond donors (Lipinski definition) is 3. The highest BCUT2D eigenvalue weighted by molar-refractivity contribution is 7.89. The van der Waals surface area contributed by atoms with E-state index in [0.717, 1.165) is 11.1 Å². The Morgan fingerprint density at radius 2 is 2.10 bits per heavy atom. The molecule has 0 saturated carbocycles. The van der Waals surface area contributed by atoms with Crippen LogP contribution < -0.4 is 10.5 Å². The molecule has 0 spiro atoms. The van der Waals surface area contributed by atoms with Gasteiger partial charge < -0.3 is 10.8 Å². The number of sulfonamides is 1. The van der Waals surface area contributed by atoms with E-state index < -0.39 is 10.0 Å². The van der Waals surface area contributed by atoms with Gasteiger partial charge in [0.05, 0.1) is 6.61 Å². The van der Waals surface area contributed by atoms with Gasteiger partial charge in [-0.25, -0.2) is 13.1 Å². The lowest BCUT2D eigenvalue weighted by Gasteiger charge is -2.06. The number of benzene rings is 1. The van der Waals surface area contributed by atoms with Crippen LogP contribution in [0.3, 0.4) is 0 Å². The normalized spacial score (nSPS) is 11.7. The molecule has 2 rings (SSSR count). The van der Waals surface area contributed by atoms with Crippen molar-refractivity contribution in [3.05, 3.63) is 41.6 Å². The van der Waals surface area contributed by atoms with E-state index in [1.165, 1.54) is 10.9 Å². The third-order valence-electron chi connectivity index (χ3n) is 3.01. The zero-order chi connectivity index (χ0) is 15.5. The van der Waals surface area contributed by atoms with Crippen molar-refractivity contribution in [3.8, 4) is 0 Å². The van der Waals surface area contributed by atoms with E-state index >= 15 is 0 Å². The number of hydrogen-bond acceptors (Lipinski definition) is 5. The summed E-state index contributed by atoms with van der Waals surface area (Å²) in [4.78, 5) is -0.0253. The third kappa shape index (κ3) is 3.60. The van der Waals surface area contributed by atoms with Gasteiger partial charge in [0.25, 0.3) is 0 Å². The number of nitrogens with two attached hydrogens (primary N) is 1. The van der Waals surface area contributed by atoms with Gasteiger partial charge in [-0.3, -0.25) is 4.68 Å². The second-order valence-electron chi connectivity index (χ2n) is 4.54. The summed E-state index contributed by atoms with van der Waals surface area (Å²) in [6, 6.07) is 7.04. The lowest BCUT2D eigenvalue weighted by atomic mass is 10.1. The Morgan fingerprint density at radius 1 is 1.38 bits per heavy atom. The minimum atomic E-state index is -3.72. The lowest BCUT2D eigenvalue weighted by molar-refractivity contribution is 0.281. The van der Waals surface area contributed by atoms with Gasteiger partial charge in [0.1, 0.15) is 4.90 Å². The summed E-state index contributed by atoms with van der Waals surface area (Å²) < 4.78 is 28.4. The van der Waals surface area contributed by atoms with Gasteiger partial charge in [0.2, 0.25) is 10.0 Å². The number of rotatable bonds is 6. The number of anilines is 1. The Bertz CT molecular complexity index is 725. The molecule has 2 aromatic rings. The first-order valence-electron chi connectivity index (χ1n) is 6.47.